The minimum Gasteiger partial charge on any atom is -0.497 e. The van der Waals surface area contributed by atoms with Crippen LogP contribution in [0, 0.1) is 6.92 Å². The molecule has 5 heteroatoms. The lowest BCUT2D eigenvalue weighted by molar-refractivity contribution is -0.132. The summed E-state index contributed by atoms with van der Waals surface area (Å²) in [4.78, 5) is 17.5. The largest absolute Gasteiger partial charge is 0.497 e. The first kappa shape index (κ1) is 20.1. The predicted molar refractivity (Wildman–Crippen MR) is 120 cm³/mol. The molecule has 2 aromatic carbocycles. The Hall–Kier alpha value is -3.21. The minimum absolute atomic E-state index is 0.0174. The molecule has 0 spiro atoms. The molecule has 1 amide bonds. The lowest BCUT2D eigenvalue weighted by Crippen LogP contribution is -2.49. The van der Waals surface area contributed by atoms with Crippen molar-refractivity contribution in [3.05, 3.63) is 84.2 Å². The van der Waals surface area contributed by atoms with Crippen LogP contribution in [0.1, 0.15) is 23.6 Å². The third kappa shape index (κ3) is 4.51. The number of benzene rings is 2. The molecule has 156 valence electrons. The van der Waals surface area contributed by atoms with E-state index >= 15 is 0 Å². The maximum atomic E-state index is 13.2. The number of aryl methyl sites for hydroxylation is 1. The van der Waals surface area contributed by atoms with Crippen LogP contribution in [0.25, 0.3) is 0 Å². The smallest absolute Gasteiger partial charge is 0.225 e. The highest BCUT2D eigenvalue weighted by molar-refractivity contribution is 5.77. The van der Waals surface area contributed by atoms with E-state index in [9.17, 15) is 4.79 Å². The second-order valence-electron chi connectivity index (χ2n) is 7.83. The third-order valence-corrected chi connectivity index (χ3v) is 5.83. The Morgan fingerprint density at radius 2 is 1.70 bits per heavy atom. The monoisotopic (exact) mass is 403 g/mol. The van der Waals surface area contributed by atoms with Gasteiger partial charge in [0.15, 0.2) is 0 Å². The van der Waals surface area contributed by atoms with Crippen LogP contribution in [-0.4, -0.2) is 48.7 Å². The van der Waals surface area contributed by atoms with E-state index < -0.39 is 0 Å². The van der Waals surface area contributed by atoms with Gasteiger partial charge >= 0.3 is 0 Å². The fourth-order valence-corrected chi connectivity index (χ4v) is 4.14. The van der Waals surface area contributed by atoms with E-state index in [-0.39, 0.29) is 11.9 Å². The van der Waals surface area contributed by atoms with Crippen LogP contribution < -0.4 is 9.64 Å². The maximum Gasteiger partial charge on any atom is 0.225 e. The Balaban J connectivity index is 1.43. The highest BCUT2D eigenvalue weighted by atomic mass is 16.5. The molecule has 2 heterocycles. The first-order valence-electron chi connectivity index (χ1n) is 10.5. The molecular weight excluding hydrogens is 374 g/mol. The molecular formula is C25H29N3O2. The van der Waals surface area contributed by atoms with Crippen LogP contribution in [0.2, 0.25) is 0 Å². The zero-order chi connectivity index (χ0) is 20.9. The molecule has 1 aliphatic heterocycles. The fraction of sp³-hybridized carbons (Fsp3) is 0.320. The minimum atomic E-state index is 0.0174. The van der Waals surface area contributed by atoms with E-state index in [1.54, 1.807) is 7.11 Å². The van der Waals surface area contributed by atoms with Crippen molar-refractivity contribution in [3.8, 4) is 5.75 Å². The normalized spacial score (nSPS) is 15.1. The van der Waals surface area contributed by atoms with Gasteiger partial charge in [0.1, 0.15) is 5.75 Å². The second kappa shape index (κ2) is 9.08. The number of nitrogens with zero attached hydrogens (tertiary/aromatic N) is 3. The standard InChI is InChI=1S/C25H29N3O2/c1-20-7-5-8-21(17-20)24(27-11-3-4-12-27)19-25(29)28-15-13-26(14-16-28)22-9-6-10-23(18-22)30-2/h3-12,17-18,24H,13-16,19H2,1-2H3/t24-/m0/s1. The SMILES string of the molecule is COc1cccc(N2CCN(C(=O)C[C@@H](c3cccc(C)c3)n3cccc3)CC2)c1. The summed E-state index contributed by atoms with van der Waals surface area (Å²) >= 11 is 0. The maximum absolute atomic E-state index is 13.2. The lowest BCUT2D eigenvalue weighted by Gasteiger charge is -2.37. The average molecular weight is 404 g/mol. The zero-order valence-corrected chi connectivity index (χ0v) is 17.7. The van der Waals surface area contributed by atoms with Gasteiger partial charge in [0.2, 0.25) is 5.91 Å². The number of hydrogen-bond acceptors (Lipinski definition) is 3. The topological polar surface area (TPSA) is 37.7 Å². The van der Waals surface area contributed by atoms with Crippen molar-refractivity contribution >= 4 is 11.6 Å². The summed E-state index contributed by atoms with van der Waals surface area (Å²) in [6.07, 6.45) is 4.55. The molecule has 0 aliphatic carbocycles. The van der Waals surface area contributed by atoms with E-state index in [0.717, 1.165) is 37.6 Å². The summed E-state index contributed by atoms with van der Waals surface area (Å²) in [5, 5.41) is 0. The molecule has 3 aromatic rings. The van der Waals surface area contributed by atoms with Crippen LogP contribution in [0.15, 0.2) is 73.1 Å². The van der Waals surface area contributed by atoms with Crippen LogP contribution in [0.3, 0.4) is 0 Å². The molecule has 1 aromatic heterocycles. The number of carbonyl (C=O) groups excluding carboxylic acids is 1. The molecule has 0 unspecified atom stereocenters. The summed E-state index contributed by atoms with van der Waals surface area (Å²) in [6, 6.07) is 20.6. The van der Waals surface area contributed by atoms with Crippen LogP contribution in [-0.2, 0) is 4.79 Å². The van der Waals surface area contributed by atoms with Gasteiger partial charge in [-0.25, -0.2) is 0 Å². The van der Waals surface area contributed by atoms with E-state index in [2.05, 4.69) is 52.8 Å². The Labute approximate surface area is 178 Å². The molecule has 1 aliphatic rings. The molecule has 0 bridgehead atoms. The van der Waals surface area contributed by atoms with Gasteiger partial charge in [0, 0.05) is 50.3 Å². The summed E-state index contributed by atoms with van der Waals surface area (Å²) in [5.41, 5.74) is 3.53. The summed E-state index contributed by atoms with van der Waals surface area (Å²) < 4.78 is 7.48. The van der Waals surface area contributed by atoms with Crippen LogP contribution in [0.5, 0.6) is 5.75 Å². The Bertz CT molecular complexity index is 976. The predicted octanol–water partition coefficient (Wildman–Crippen LogP) is 4.13. The van der Waals surface area contributed by atoms with Crippen molar-refractivity contribution in [2.24, 2.45) is 0 Å². The van der Waals surface area contributed by atoms with Crippen molar-refractivity contribution in [1.29, 1.82) is 0 Å². The first-order chi connectivity index (χ1) is 14.6. The molecule has 4 rings (SSSR count). The lowest BCUT2D eigenvalue weighted by atomic mass is 10.0. The number of hydrogen-bond donors (Lipinski definition) is 0. The molecule has 5 nitrogen and oxygen atoms in total. The van der Waals surface area contributed by atoms with Gasteiger partial charge in [-0.05, 0) is 36.8 Å². The van der Waals surface area contributed by atoms with Gasteiger partial charge in [0.05, 0.1) is 19.6 Å². The van der Waals surface area contributed by atoms with Crippen LogP contribution >= 0.6 is 0 Å². The Morgan fingerprint density at radius 3 is 2.40 bits per heavy atom. The second-order valence-corrected chi connectivity index (χ2v) is 7.83. The molecule has 0 saturated carbocycles. The third-order valence-electron chi connectivity index (χ3n) is 5.83. The number of carbonyl (C=O) groups is 1. The summed E-state index contributed by atoms with van der Waals surface area (Å²) in [6.45, 7) is 5.23. The van der Waals surface area contributed by atoms with Gasteiger partial charge < -0.3 is 19.1 Å². The van der Waals surface area contributed by atoms with Crippen molar-refractivity contribution < 1.29 is 9.53 Å². The van der Waals surface area contributed by atoms with Gasteiger partial charge in [-0.2, -0.15) is 0 Å². The highest BCUT2D eigenvalue weighted by Crippen LogP contribution is 2.26. The summed E-state index contributed by atoms with van der Waals surface area (Å²) in [5.74, 6) is 1.07. The van der Waals surface area contributed by atoms with E-state index in [1.807, 2.05) is 41.6 Å². The van der Waals surface area contributed by atoms with Crippen molar-refractivity contribution in [2.45, 2.75) is 19.4 Å². The van der Waals surface area contributed by atoms with Crippen molar-refractivity contribution in [2.75, 3.05) is 38.2 Å². The first-order valence-corrected chi connectivity index (χ1v) is 10.5. The van der Waals surface area contributed by atoms with Gasteiger partial charge in [-0.15, -0.1) is 0 Å². The number of amides is 1. The van der Waals surface area contributed by atoms with E-state index in [4.69, 9.17) is 4.74 Å². The Kier molecular flexibility index (Phi) is 6.07. The Morgan fingerprint density at radius 1 is 0.967 bits per heavy atom. The number of piperazine rings is 1. The van der Waals surface area contributed by atoms with Gasteiger partial charge in [-0.3, -0.25) is 4.79 Å². The molecule has 1 fully saturated rings. The number of rotatable bonds is 6. The fourth-order valence-electron chi connectivity index (χ4n) is 4.14. The van der Waals surface area contributed by atoms with Gasteiger partial charge in [-0.1, -0.05) is 35.9 Å². The molecule has 0 N–H and O–H groups in total. The van der Waals surface area contributed by atoms with Gasteiger partial charge in [0.25, 0.3) is 0 Å². The molecule has 0 radical (unpaired) electrons. The number of anilines is 1. The van der Waals surface area contributed by atoms with Crippen molar-refractivity contribution in [1.82, 2.24) is 9.47 Å². The molecule has 30 heavy (non-hydrogen) atoms. The van der Waals surface area contributed by atoms with E-state index in [1.165, 1.54) is 11.1 Å². The molecule has 1 atom stereocenters. The number of methoxy groups -OCH3 is 1. The van der Waals surface area contributed by atoms with Crippen LogP contribution in [0.4, 0.5) is 5.69 Å². The molecule has 1 saturated heterocycles. The average Bonchev–Trinajstić information content (AvgIpc) is 3.32. The zero-order valence-electron chi connectivity index (χ0n) is 17.7. The number of aromatic nitrogens is 1. The quantitative estimate of drug-likeness (QED) is 0.621. The summed E-state index contributed by atoms with van der Waals surface area (Å²) in [7, 11) is 1.69. The van der Waals surface area contributed by atoms with E-state index in [0.29, 0.717) is 6.42 Å². The number of ether oxygens (including phenoxy) is 1. The van der Waals surface area contributed by atoms with Crippen molar-refractivity contribution in [3.63, 3.8) is 0 Å². The highest BCUT2D eigenvalue weighted by Gasteiger charge is 2.25.